The fraction of sp³-hybridized carbons (Fsp3) is 0.438. The Labute approximate surface area is 153 Å². The Kier molecular flexibility index (Phi) is 6.65. The van der Waals surface area contributed by atoms with Crippen LogP contribution in [0.2, 0.25) is 0 Å². The molecule has 0 bridgehead atoms. The van der Waals surface area contributed by atoms with Gasteiger partial charge in [0.1, 0.15) is 0 Å². The molecule has 3 N–H and O–H groups in total. The fourth-order valence-corrected chi connectivity index (χ4v) is 2.81. The van der Waals surface area contributed by atoms with Crippen molar-refractivity contribution in [3.63, 3.8) is 0 Å². The zero-order valence-corrected chi connectivity index (χ0v) is 15.1. The summed E-state index contributed by atoms with van der Waals surface area (Å²) in [6.07, 6.45) is 2.29. The minimum Gasteiger partial charge on any atom is -0.351 e. The van der Waals surface area contributed by atoms with E-state index in [1.807, 2.05) is 6.92 Å². The second kappa shape index (κ2) is 8.54. The van der Waals surface area contributed by atoms with Crippen LogP contribution in [0.1, 0.15) is 31.9 Å². The number of rotatable bonds is 7. The van der Waals surface area contributed by atoms with Crippen LogP contribution < -0.4 is 16.0 Å². The van der Waals surface area contributed by atoms with E-state index in [1.165, 1.54) is 12.4 Å². The Morgan fingerprint density at radius 3 is 2.73 bits per heavy atom. The van der Waals surface area contributed by atoms with E-state index in [9.17, 15) is 18.0 Å². The molecule has 26 heavy (non-hydrogen) atoms. The number of aromatic nitrogens is 1. The summed E-state index contributed by atoms with van der Waals surface area (Å²) < 4.78 is 36.8. The third-order valence-electron chi connectivity index (χ3n) is 3.48. The maximum Gasteiger partial charge on any atom is 0.398 e. The highest BCUT2D eigenvalue weighted by Gasteiger charge is 2.31. The number of pyridine rings is 1. The van der Waals surface area contributed by atoms with E-state index in [2.05, 4.69) is 25.9 Å². The highest BCUT2D eigenvalue weighted by molar-refractivity contribution is 7.99. The number of nitrogens with one attached hydrogen (secondary N) is 3. The molecule has 6 nitrogen and oxygen atoms in total. The molecule has 0 aromatic carbocycles. The van der Waals surface area contributed by atoms with Gasteiger partial charge < -0.3 is 10.6 Å². The number of aliphatic imine (C=N–C) groups is 1. The summed E-state index contributed by atoms with van der Waals surface area (Å²) in [5.41, 5.74) is 0.760. The fourth-order valence-electron chi connectivity index (χ4n) is 2.21. The summed E-state index contributed by atoms with van der Waals surface area (Å²) in [4.78, 5) is 19.9. The third kappa shape index (κ3) is 6.03. The molecule has 142 valence electrons. The molecule has 0 radical (unpaired) electrons. The van der Waals surface area contributed by atoms with E-state index in [0.29, 0.717) is 23.2 Å². The van der Waals surface area contributed by atoms with Gasteiger partial charge in [-0.15, -0.1) is 0 Å². The first kappa shape index (κ1) is 20.2. The lowest BCUT2D eigenvalue weighted by atomic mass is 10.1. The normalized spacial score (nSPS) is 20.5. The molecule has 2 unspecified atom stereocenters. The molecule has 1 aromatic heterocycles. The molecule has 0 aliphatic carbocycles. The van der Waals surface area contributed by atoms with Gasteiger partial charge in [-0.1, -0.05) is 24.8 Å². The largest absolute Gasteiger partial charge is 0.398 e. The number of halogens is 3. The first-order valence-corrected chi connectivity index (χ1v) is 8.93. The van der Waals surface area contributed by atoms with Gasteiger partial charge in [0.25, 0.3) is 0 Å². The van der Waals surface area contributed by atoms with Gasteiger partial charge in [0.2, 0.25) is 11.7 Å². The van der Waals surface area contributed by atoms with Crippen molar-refractivity contribution >= 4 is 23.9 Å². The summed E-state index contributed by atoms with van der Waals surface area (Å²) in [5.74, 6) is -2.20. The topological polar surface area (TPSA) is 78.4 Å². The lowest BCUT2D eigenvalue weighted by Crippen LogP contribution is -2.68. The van der Waals surface area contributed by atoms with Gasteiger partial charge in [0, 0.05) is 31.1 Å². The number of alkyl halides is 3. The van der Waals surface area contributed by atoms with Gasteiger partial charge in [0.15, 0.2) is 0 Å². The highest BCUT2D eigenvalue weighted by atomic mass is 32.2. The first-order valence-electron chi connectivity index (χ1n) is 7.94. The number of amides is 1. The predicted octanol–water partition coefficient (Wildman–Crippen LogP) is 2.71. The number of carbonyl (C=O) groups is 1. The maximum absolute atomic E-state index is 12.3. The number of hydrogen-bond acceptors (Lipinski definition) is 6. The molecular weight excluding hydrogens is 367 g/mol. The van der Waals surface area contributed by atoms with Crippen LogP contribution in [0, 0.1) is 0 Å². The Morgan fingerprint density at radius 2 is 2.19 bits per heavy atom. The summed E-state index contributed by atoms with van der Waals surface area (Å²) in [5, 5.41) is 9.36. The van der Waals surface area contributed by atoms with Crippen molar-refractivity contribution in [1.82, 2.24) is 20.9 Å². The SMILES string of the molecule is CCC(=O)NC1(NC(C)c2ccc(SCC(F)(F)F)nc2)C=NC=CN1. The van der Waals surface area contributed by atoms with Gasteiger partial charge in [-0.3, -0.25) is 15.1 Å². The smallest absolute Gasteiger partial charge is 0.351 e. The van der Waals surface area contributed by atoms with Crippen LogP contribution in [-0.4, -0.2) is 34.8 Å². The van der Waals surface area contributed by atoms with Crippen molar-refractivity contribution < 1.29 is 18.0 Å². The summed E-state index contributed by atoms with van der Waals surface area (Å²) in [6, 6.07) is 2.99. The zero-order valence-electron chi connectivity index (χ0n) is 14.3. The van der Waals surface area contributed by atoms with Crippen molar-refractivity contribution in [1.29, 1.82) is 0 Å². The Bertz CT molecular complexity index is 677. The number of hydrogen-bond donors (Lipinski definition) is 3. The predicted molar refractivity (Wildman–Crippen MR) is 94.5 cm³/mol. The third-order valence-corrected chi connectivity index (χ3v) is 4.49. The van der Waals surface area contributed by atoms with E-state index < -0.39 is 17.7 Å². The average Bonchev–Trinajstić information content (AvgIpc) is 2.60. The lowest BCUT2D eigenvalue weighted by molar-refractivity contribution is -0.122. The van der Waals surface area contributed by atoms with Gasteiger partial charge in [-0.2, -0.15) is 13.2 Å². The van der Waals surface area contributed by atoms with Gasteiger partial charge >= 0.3 is 6.18 Å². The molecular formula is C16H20F3N5OS. The maximum atomic E-state index is 12.3. The molecule has 0 saturated carbocycles. The molecule has 10 heteroatoms. The number of thioether (sulfide) groups is 1. The molecule has 1 amide bonds. The van der Waals surface area contributed by atoms with Crippen LogP contribution >= 0.6 is 11.8 Å². The number of nitrogens with zero attached hydrogens (tertiary/aromatic N) is 2. The molecule has 0 spiro atoms. The van der Waals surface area contributed by atoms with Crippen LogP contribution in [0.25, 0.3) is 0 Å². The molecule has 1 aromatic rings. The highest BCUT2D eigenvalue weighted by Crippen LogP contribution is 2.26. The number of carbonyl (C=O) groups excluding carboxylic acids is 1. The Hall–Kier alpha value is -2.07. The summed E-state index contributed by atoms with van der Waals surface area (Å²) in [6.45, 7) is 3.59. The van der Waals surface area contributed by atoms with Crippen LogP contribution in [0.3, 0.4) is 0 Å². The molecule has 2 heterocycles. The molecule has 1 aliphatic rings. The second-order valence-electron chi connectivity index (χ2n) is 5.65. The van der Waals surface area contributed by atoms with E-state index in [4.69, 9.17) is 0 Å². The standard InChI is InChI=1S/C16H20F3N5OS/c1-3-13(25)24-16(9-20-6-7-22-16)23-11(2)12-4-5-14(21-8-12)26-10-15(17,18)19/h4-9,11,22-23H,3,10H2,1-2H3,(H,24,25). The van der Waals surface area contributed by atoms with Crippen LogP contribution in [0.15, 0.2) is 40.7 Å². The second-order valence-corrected chi connectivity index (χ2v) is 6.64. The van der Waals surface area contributed by atoms with E-state index >= 15 is 0 Å². The molecule has 2 atom stereocenters. The molecule has 2 rings (SSSR count). The monoisotopic (exact) mass is 387 g/mol. The van der Waals surface area contributed by atoms with E-state index in [1.54, 1.807) is 31.5 Å². The Morgan fingerprint density at radius 1 is 1.42 bits per heavy atom. The van der Waals surface area contributed by atoms with Crippen LogP contribution in [-0.2, 0) is 4.79 Å². The summed E-state index contributed by atoms with van der Waals surface area (Å²) in [7, 11) is 0. The zero-order chi connectivity index (χ0) is 19.2. The minimum absolute atomic E-state index is 0.170. The molecule has 0 fully saturated rings. The van der Waals surface area contributed by atoms with Gasteiger partial charge in [-0.25, -0.2) is 4.98 Å². The quantitative estimate of drug-likeness (QED) is 0.495. The van der Waals surface area contributed by atoms with Crippen molar-refractivity contribution in [3.8, 4) is 0 Å². The average molecular weight is 387 g/mol. The Balaban J connectivity index is 2.04. The van der Waals surface area contributed by atoms with Gasteiger partial charge in [-0.05, 0) is 18.6 Å². The van der Waals surface area contributed by atoms with Gasteiger partial charge in [0.05, 0.1) is 17.0 Å². The minimum atomic E-state index is -4.23. The van der Waals surface area contributed by atoms with Crippen molar-refractivity contribution in [2.45, 2.75) is 43.3 Å². The van der Waals surface area contributed by atoms with Crippen LogP contribution in [0.5, 0.6) is 0 Å². The molecule has 0 saturated heterocycles. The van der Waals surface area contributed by atoms with E-state index in [-0.39, 0.29) is 11.9 Å². The van der Waals surface area contributed by atoms with Crippen molar-refractivity contribution in [2.75, 3.05) is 5.75 Å². The first-order chi connectivity index (χ1) is 12.2. The molecule has 1 aliphatic heterocycles. The van der Waals surface area contributed by atoms with E-state index in [0.717, 1.165) is 5.56 Å². The van der Waals surface area contributed by atoms with Crippen molar-refractivity contribution in [3.05, 3.63) is 36.3 Å². The lowest BCUT2D eigenvalue weighted by Gasteiger charge is -2.36. The summed E-state index contributed by atoms with van der Waals surface area (Å²) >= 11 is 0.638. The van der Waals surface area contributed by atoms with Crippen LogP contribution in [0.4, 0.5) is 13.2 Å². The van der Waals surface area contributed by atoms with Crippen molar-refractivity contribution in [2.24, 2.45) is 4.99 Å².